The highest BCUT2D eigenvalue weighted by Crippen LogP contribution is 2.32. The highest BCUT2D eigenvalue weighted by atomic mass is 79.9. The molecule has 12 nitrogen and oxygen atoms in total. The first kappa shape index (κ1) is 31.0. The third-order valence-corrected chi connectivity index (χ3v) is 8.12. The van der Waals surface area contributed by atoms with E-state index in [4.69, 9.17) is 0 Å². The molecule has 234 valence electrons. The van der Waals surface area contributed by atoms with Crippen molar-refractivity contribution in [2.75, 3.05) is 11.9 Å². The smallest absolute Gasteiger partial charge is 0.248 e. The van der Waals surface area contributed by atoms with Crippen molar-refractivity contribution in [1.29, 1.82) is 0 Å². The zero-order chi connectivity index (χ0) is 32.5. The van der Waals surface area contributed by atoms with Crippen LogP contribution in [0.25, 0.3) is 22.0 Å². The lowest BCUT2D eigenvalue weighted by Gasteiger charge is -2.23. The molecule has 6 rings (SSSR count). The van der Waals surface area contributed by atoms with Crippen molar-refractivity contribution in [3.8, 4) is 11.1 Å². The monoisotopic (exact) mass is 685 g/mol. The number of pyridine rings is 1. The van der Waals surface area contributed by atoms with Gasteiger partial charge >= 0.3 is 0 Å². The summed E-state index contributed by atoms with van der Waals surface area (Å²) in [5.74, 6) is 0.0638. The van der Waals surface area contributed by atoms with Gasteiger partial charge in [0, 0.05) is 55.5 Å². The number of Topliss-reactive ketones (excluding diaryl/α,β-unsaturated/α-hetero) is 1. The molecule has 0 unspecified atom stereocenters. The second-order valence-electron chi connectivity index (χ2n) is 11.2. The van der Waals surface area contributed by atoms with E-state index in [9.17, 15) is 18.8 Å². The molecule has 5 heterocycles. The number of aryl methyl sites for hydroxylation is 2. The fraction of sp³-hybridized carbons (Fsp3) is 0.281. The van der Waals surface area contributed by atoms with Gasteiger partial charge in [0.15, 0.2) is 5.78 Å². The first-order valence-corrected chi connectivity index (χ1v) is 15.3. The number of halogens is 2. The van der Waals surface area contributed by atoms with Crippen molar-refractivity contribution in [1.82, 2.24) is 39.6 Å². The van der Waals surface area contributed by atoms with Gasteiger partial charge in [-0.2, -0.15) is 5.10 Å². The van der Waals surface area contributed by atoms with Crippen LogP contribution >= 0.6 is 15.9 Å². The maximum absolute atomic E-state index is 14.7. The highest BCUT2D eigenvalue weighted by Gasteiger charge is 2.40. The maximum atomic E-state index is 14.7. The van der Waals surface area contributed by atoms with Gasteiger partial charge in [-0.3, -0.25) is 19.1 Å². The van der Waals surface area contributed by atoms with Gasteiger partial charge in [-0.25, -0.2) is 29.3 Å². The Labute approximate surface area is 271 Å². The van der Waals surface area contributed by atoms with Crippen molar-refractivity contribution in [2.45, 2.75) is 52.4 Å². The number of benzene rings is 1. The normalized spacial score (nSPS) is 16.2. The van der Waals surface area contributed by atoms with Gasteiger partial charge in [-0.1, -0.05) is 6.07 Å². The molecule has 2 amide bonds. The number of carbonyl (C=O) groups excluding carboxylic acids is 3. The second-order valence-corrected chi connectivity index (χ2v) is 12.0. The van der Waals surface area contributed by atoms with Gasteiger partial charge in [-0.15, -0.1) is 0 Å². The number of ketones is 1. The predicted octanol–water partition coefficient (Wildman–Crippen LogP) is 4.43. The number of nitrogens with one attached hydrogen (secondary N) is 1. The number of anilines is 1. The van der Waals surface area contributed by atoms with Crippen LogP contribution < -0.4 is 5.32 Å². The lowest BCUT2D eigenvalue weighted by Crippen LogP contribution is -2.44. The molecule has 1 saturated heterocycles. The van der Waals surface area contributed by atoms with Gasteiger partial charge in [0.2, 0.25) is 11.8 Å². The van der Waals surface area contributed by atoms with Crippen molar-refractivity contribution >= 4 is 50.2 Å². The number of likely N-dealkylation sites (tertiary alicyclic amines) is 1. The number of carbonyl (C=O) groups is 3. The molecule has 0 spiro atoms. The molecular formula is C32H29BrFN9O3. The standard InChI is InChI=1S/C32H29BrFN9O3/c1-17-11-37-28(38-12-17)9-21-7-20(22-13-35-19(3)36-14-22)8-24-30(18(2)44)41-43(31(21)24)16-29(45)42-15-23(34)10-25(42)32(46)40-27-6-4-5-26(33)39-27/h4-8,11-14,23,25H,9-10,15-16H2,1-3H3,(H,39,40,46)/t23-,25+/m1/s1. The van der Waals surface area contributed by atoms with E-state index >= 15 is 0 Å². The molecule has 0 aliphatic carbocycles. The Hall–Kier alpha value is -4.98. The fourth-order valence-electron chi connectivity index (χ4n) is 5.52. The van der Waals surface area contributed by atoms with Crippen molar-refractivity contribution in [2.24, 2.45) is 0 Å². The van der Waals surface area contributed by atoms with Crippen LogP contribution in [0.4, 0.5) is 10.2 Å². The third-order valence-electron chi connectivity index (χ3n) is 7.68. The first-order chi connectivity index (χ1) is 22.0. The number of rotatable bonds is 8. The molecule has 1 N–H and O–H groups in total. The minimum atomic E-state index is -1.38. The Bertz CT molecular complexity index is 1960. The topological polar surface area (TPSA) is 149 Å². The zero-order valence-corrected chi connectivity index (χ0v) is 26.8. The molecule has 5 aromatic rings. The van der Waals surface area contributed by atoms with Crippen molar-refractivity contribution in [3.05, 3.63) is 88.2 Å². The van der Waals surface area contributed by atoms with E-state index in [-0.39, 0.29) is 43.2 Å². The van der Waals surface area contributed by atoms with Crippen LogP contribution in [0.3, 0.4) is 0 Å². The Morgan fingerprint density at radius 3 is 2.46 bits per heavy atom. The van der Waals surface area contributed by atoms with Crippen LogP contribution in [-0.4, -0.2) is 76.0 Å². The van der Waals surface area contributed by atoms with Crippen LogP contribution in [0.2, 0.25) is 0 Å². The van der Waals surface area contributed by atoms with Crippen LogP contribution in [-0.2, 0) is 22.6 Å². The fourth-order valence-corrected chi connectivity index (χ4v) is 5.86. The van der Waals surface area contributed by atoms with Gasteiger partial charge in [-0.05, 0) is 70.7 Å². The Morgan fingerprint density at radius 2 is 1.76 bits per heavy atom. The number of aromatic nitrogens is 7. The molecule has 0 saturated carbocycles. The van der Waals surface area contributed by atoms with Crippen LogP contribution in [0.15, 0.2) is 59.7 Å². The van der Waals surface area contributed by atoms with Crippen LogP contribution in [0.1, 0.15) is 46.6 Å². The minimum absolute atomic E-state index is 0.151. The average Bonchev–Trinajstić information content (AvgIpc) is 3.59. The second kappa shape index (κ2) is 12.8. The minimum Gasteiger partial charge on any atom is -0.326 e. The molecule has 0 radical (unpaired) electrons. The summed E-state index contributed by atoms with van der Waals surface area (Å²) in [6.07, 6.45) is 5.58. The number of amides is 2. The van der Waals surface area contributed by atoms with E-state index < -0.39 is 24.0 Å². The van der Waals surface area contributed by atoms with E-state index in [1.807, 2.05) is 19.1 Å². The summed E-state index contributed by atoms with van der Waals surface area (Å²) in [5.41, 5.74) is 3.81. The third kappa shape index (κ3) is 6.52. The van der Waals surface area contributed by atoms with Crippen LogP contribution in [0.5, 0.6) is 0 Å². The lowest BCUT2D eigenvalue weighted by molar-refractivity contribution is -0.137. The SMILES string of the molecule is CC(=O)c1nn(CC(=O)N2C[C@H](F)C[C@H]2C(=O)Nc2cccc(Br)n2)c2c(Cc3ncc(C)cn3)cc(-c3cnc(C)nc3)cc12. The quantitative estimate of drug-likeness (QED) is 0.185. The molecule has 2 atom stereocenters. The maximum Gasteiger partial charge on any atom is 0.248 e. The van der Waals surface area contributed by atoms with Gasteiger partial charge in [0.05, 0.1) is 12.1 Å². The highest BCUT2D eigenvalue weighted by molar-refractivity contribution is 9.10. The summed E-state index contributed by atoms with van der Waals surface area (Å²) in [4.78, 5) is 62.9. The van der Waals surface area contributed by atoms with Gasteiger partial charge < -0.3 is 10.2 Å². The molecule has 46 heavy (non-hydrogen) atoms. The molecular weight excluding hydrogens is 657 g/mol. The van der Waals surface area contributed by atoms with Crippen molar-refractivity contribution < 1.29 is 18.8 Å². The Kier molecular flexibility index (Phi) is 8.63. The largest absolute Gasteiger partial charge is 0.326 e. The molecule has 1 aliphatic rings. The average molecular weight is 687 g/mol. The molecule has 1 aliphatic heterocycles. The van der Waals surface area contributed by atoms with Gasteiger partial charge in [0.1, 0.15) is 46.5 Å². The number of hydrogen-bond donors (Lipinski definition) is 1. The summed E-state index contributed by atoms with van der Waals surface area (Å²) >= 11 is 3.26. The number of alkyl halides is 1. The van der Waals surface area contributed by atoms with E-state index in [1.165, 1.54) is 16.5 Å². The number of hydrogen-bond acceptors (Lipinski definition) is 9. The van der Waals surface area contributed by atoms with Crippen LogP contribution in [0, 0.1) is 13.8 Å². The number of fused-ring (bicyclic) bond motifs is 1. The summed E-state index contributed by atoms with van der Waals surface area (Å²) in [5, 5.41) is 7.77. The van der Waals surface area contributed by atoms with Gasteiger partial charge in [0.25, 0.3) is 0 Å². The molecule has 0 bridgehead atoms. The summed E-state index contributed by atoms with van der Waals surface area (Å²) in [6.45, 7) is 4.51. The molecule has 4 aromatic heterocycles. The van der Waals surface area contributed by atoms with Crippen molar-refractivity contribution in [3.63, 3.8) is 0 Å². The van der Waals surface area contributed by atoms with E-state index in [0.717, 1.165) is 16.7 Å². The van der Waals surface area contributed by atoms with E-state index in [1.54, 1.807) is 49.9 Å². The lowest BCUT2D eigenvalue weighted by atomic mass is 9.98. The Morgan fingerprint density at radius 1 is 1.02 bits per heavy atom. The molecule has 14 heteroatoms. The summed E-state index contributed by atoms with van der Waals surface area (Å²) < 4.78 is 16.7. The number of nitrogens with zero attached hydrogens (tertiary/aromatic N) is 8. The zero-order valence-electron chi connectivity index (χ0n) is 25.2. The molecule has 1 aromatic carbocycles. The summed E-state index contributed by atoms with van der Waals surface area (Å²) in [7, 11) is 0. The molecule has 1 fully saturated rings. The summed E-state index contributed by atoms with van der Waals surface area (Å²) in [6, 6.07) is 7.70. The Balaban J connectivity index is 1.39. The predicted molar refractivity (Wildman–Crippen MR) is 171 cm³/mol. The van der Waals surface area contributed by atoms with E-state index in [0.29, 0.717) is 32.7 Å². The first-order valence-electron chi connectivity index (χ1n) is 14.5. The van der Waals surface area contributed by atoms with E-state index in [2.05, 4.69) is 51.3 Å².